The Balaban J connectivity index is 2.62. The first-order valence-electron chi connectivity index (χ1n) is 3.79. The molecule has 0 saturated carbocycles. The first-order valence-corrected chi connectivity index (χ1v) is 3.79. The Morgan fingerprint density at radius 2 is 2.08 bits per heavy atom. The zero-order valence-electron chi connectivity index (χ0n) is 6.74. The molecule has 0 aromatic heterocycles. The van der Waals surface area contributed by atoms with Crippen molar-refractivity contribution in [3.8, 4) is 0 Å². The Bertz CT molecular complexity index is 375. The molecule has 0 radical (unpaired) electrons. The van der Waals surface area contributed by atoms with Gasteiger partial charge in [0.1, 0.15) is 5.82 Å². The molecule has 1 atom stereocenters. The highest BCUT2D eigenvalue weighted by molar-refractivity contribution is 5.68. The van der Waals surface area contributed by atoms with E-state index in [-0.39, 0.29) is 16.8 Å². The molecule has 0 fully saturated rings. The van der Waals surface area contributed by atoms with Crippen molar-refractivity contribution in [2.75, 3.05) is 0 Å². The van der Waals surface area contributed by atoms with Crippen LogP contribution in [-0.2, 0) is 0 Å². The fourth-order valence-electron chi connectivity index (χ4n) is 1.28. The van der Waals surface area contributed by atoms with Crippen molar-refractivity contribution in [2.45, 2.75) is 0 Å². The summed E-state index contributed by atoms with van der Waals surface area (Å²) in [5.74, 6) is -0.329. The maximum absolute atomic E-state index is 11.4. The molecule has 0 aliphatic carbocycles. The lowest BCUT2D eigenvalue weighted by atomic mass is 10.1. The van der Waals surface area contributed by atoms with Gasteiger partial charge in [-0.3, -0.25) is 0 Å². The molecule has 68 valence electrons. The van der Waals surface area contributed by atoms with Gasteiger partial charge in [0.2, 0.25) is 0 Å². The molecule has 2 rings (SSSR count). The van der Waals surface area contributed by atoms with E-state index >= 15 is 0 Å². The number of hydrogen-bond acceptors (Lipinski definition) is 4. The van der Waals surface area contributed by atoms with Crippen molar-refractivity contribution in [3.63, 3.8) is 0 Å². The summed E-state index contributed by atoms with van der Waals surface area (Å²) in [5, 5.41) is 20.7. The average molecular weight is 179 g/mol. The van der Waals surface area contributed by atoms with Gasteiger partial charge >= 0.3 is 0 Å². The Morgan fingerprint density at radius 1 is 1.38 bits per heavy atom. The van der Waals surface area contributed by atoms with Crippen LogP contribution in [0.3, 0.4) is 0 Å². The molecule has 5 nitrogen and oxygen atoms in total. The van der Waals surface area contributed by atoms with Crippen molar-refractivity contribution in [3.05, 3.63) is 35.6 Å². The number of para-hydroxylation sites is 1. The molecule has 1 unspecified atom stereocenters. The number of fused-ring (bicyclic) bond motifs is 1. The molecule has 13 heavy (non-hydrogen) atoms. The largest absolute Gasteiger partial charge is 0.869 e. The summed E-state index contributed by atoms with van der Waals surface area (Å²) in [5.41, 5.74) is 8.68. The molecule has 1 aromatic carbocycles. The fourth-order valence-corrected chi connectivity index (χ4v) is 1.28. The predicted molar refractivity (Wildman–Crippen MR) is 43.1 cm³/mol. The first kappa shape index (κ1) is 7.90. The van der Waals surface area contributed by atoms with Crippen molar-refractivity contribution >= 4 is 11.4 Å². The number of nitrogens with one attached hydrogen (secondary N) is 2. The molecular weight excluding hydrogens is 170 g/mol. The number of rotatable bonds is 0. The minimum Gasteiger partial charge on any atom is -0.869 e. The van der Waals surface area contributed by atoms with Gasteiger partial charge in [-0.1, -0.05) is 17.3 Å². The van der Waals surface area contributed by atoms with Gasteiger partial charge in [-0.25, -0.2) is 0 Å². The van der Waals surface area contributed by atoms with Crippen LogP contribution in [0, 0.1) is 0 Å². The molecule has 1 aliphatic rings. The number of benzene rings is 1. The molecular formula is C8H9N3O2. The van der Waals surface area contributed by atoms with E-state index < -0.39 is 0 Å². The molecule has 0 amide bonds. The summed E-state index contributed by atoms with van der Waals surface area (Å²) in [4.78, 5) is 0. The number of quaternary nitrogens is 1. The van der Waals surface area contributed by atoms with E-state index in [9.17, 15) is 10.3 Å². The van der Waals surface area contributed by atoms with Crippen LogP contribution in [0.4, 0.5) is 5.69 Å². The monoisotopic (exact) mass is 179 g/mol. The standard InChI is InChI=1S/C8H9N3O2/c9-8-7(12)5-3-1-2-4-6(5)11(13)10-8/h1-4,10,12-13H,9H2. The third kappa shape index (κ3) is 1.10. The van der Waals surface area contributed by atoms with Crippen LogP contribution in [0.15, 0.2) is 30.1 Å². The van der Waals surface area contributed by atoms with E-state index in [1.54, 1.807) is 24.3 Å². The predicted octanol–water partition coefficient (Wildman–Crippen LogP) is -1.94. The lowest BCUT2D eigenvalue weighted by Gasteiger charge is -2.26. The lowest BCUT2D eigenvalue weighted by Crippen LogP contribution is -3.12. The fraction of sp³-hybridized carbons (Fsp3) is 0. The third-order valence-corrected chi connectivity index (χ3v) is 1.92. The zero-order chi connectivity index (χ0) is 9.42. The minimum absolute atomic E-state index is 0.0452. The van der Waals surface area contributed by atoms with Gasteiger partial charge in [0.15, 0.2) is 5.69 Å². The van der Waals surface area contributed by atoms with Gasteiger partial charge in [0.05, 0.1) is 0 Å². The van der Waals surface area contributed by atoms with E-state index in [2.05, 4.69) is 5.43 Å². The SMILES string of the molecule is NC1=C([O-])c2ccccc2[NH+](O)N1. The maximum atomic E-state index is 11.4. The molecule has 5 N–H and O–H groups in total. The van der Waals surface area contributed by atoms with Gasteiger partial charge in [0, 0.05) is 11.6 Å². The first-order chi connectivity index (χ1) is 6.20. The highest BCUT2D eigenvalue weighted by Gasteiger charge is 2.20. The smallest absolute Gasteiger partial charge is 0.195 e. The Morgan fingerprint density at radius 3 is 2.85 bits per heavy atom. The summed E-state index contributed by atoms with van der Waals surface area (Å²) < 4.78 is 0. The highest BCUT2D eigenvalue weighted by Crippen LogP contribution is 2.18. The van der Waals surface area contributed by atoms with Gasteiger partial charge < -0.3 is 10.8 Å². The summed E-state index contributed by atoms with van der Waals surface area (Å²) in [6.45, 7) is 0. The van der Waals surface area contributed by atoms with Crippen LogP contribution >= 0.6 is 0 Å². The summed E-state index contributed by atoms with van der Waals surface area (Å²) in [6, 6.07) is 6.75. The number of hydrogen-bond donors (Lipinski definition) is 4. The summed E-state index contributed by atoms with van der Waals surface area (Å²) in [7, 11) is 0. The van der Waals surface area contributed by atoms with E-state index in [1.165, 1.54) is 0 Å². The Kier molecular flexibility index (Phi) is 1.61. The van der Waals surface area contributed by atoms with Crippen molar-refractivity contribution < 1.29 is 15.5 Å². The molecule has 1 aromatic rings. The second kappa shape index (κ2) is 2.65. The zero-order valence-corrected chi connectivity index (χ0v) is 6.74. The van der Waals surface area contributed by atoms with Gasteiger partial charge in [0.25, 0.3) is 0 Å². The molecule has 0 spiro atoms. The quantitative estimate of drug-likeness (QED) is 0.373. The lowest BCUT2D eigenvalue weighted by molar-refractivity contribution is -1.07. The van der Waals surface area contributed by atoms with Crippen LogP contribution in [0.25, 0.3) is 5.76 Å². The topological polar surface area (TPSA) is 85.8 Å². The minimum atomic E-state index is -0.284. The van der Waals surface area contributed by atoms with Crippen LogP contribution < -0.4 is 21.4 Å². The Labute approximate surface area is 74.6 Å². The van der Waals surface area contributed by atoms with Crippen LogP contribution in [-0.4, -0.2) is 5.21 Å². The van der Waals surface area contributed by atoms with E-state index in [4.69, 9.17) is 5.73 Å². The molecule has 1 aliphatic heterocycles. The summed E-state index contributed by atoms with van der Waals surface area (Å²) >= 11 is 0. The van der Waals surface area contributed by atoms with Gasteiger partial charge in [-0.15, -0.1) is 0 Å². The maximum Gasteiger partial charge on any atom is 0.195 e. The van der Waals surface area contributed by atoms with E-state index in [0.29, 0.717) is 11.3 Å². The van der Waals surface area contributed by atoms with E-state index in [1.807, 2.05) is 0 Å². The number of nitrogens with two attached hydrogens (primary N) is 1. The second-order valence-corrected chi connectivity index (χ2v) is 2.76. The molecule has 0 bridgehead atoms. The van der Waals surface area contributed by atoms with Crippen molar-refractivity contribution in [2.24, 2.45) is 5.73 Å². The second-order valence-electron chi connectivity index (χ2n) is 2.76. The molecule has 1 heterocycles. The normalized spacial score (nSPS) is 20.8. The highest BCUT2D eigenvalue weighted by atomic mass is 16.5. The van der Waals surface area contributed by atoms with Crippen molar-refractivity contribution in [1.82, 2.24) is 5.43 Å². The van der Waals surface area contributed by atoms with Crippen molar-refractivity contribution in [1.29, 1.82) is 0 Å². The molecule has 0 saturated heterocycles. The van der Waals surface area contributed by atoms with Gasteiger partial charge in [-0.05, 0) is 11.8 Å². The van der Waals surface area contributed by atoms with Crippen LogP contribution in [0.5, 0.6) is 0 Å². The van der Waals surface area contributed by atoms with Crippen LogP contribution in [0.1, 0.15) is 5.56 Å². The van der Waals surface area contributed by atoms with Crippen LogP contribution in [0.2, 0.25) is 0 Å². The third-order valence-electron chi connectivity index (χ3n) is 1.92. The van der Waals surface area contributed by atoms with E-state index in [0.717, 1.165) is 0 Å². The van der Waals surface area contributed by atoms with Gasteiger partial charge in [-0.2, -0.15) is 10.6 Å². The molecule has 5 heteroatoms. The Hall–Kier alpha value is -1.72. The summed E-state index contributed by atoms with van der Waals surface area (Å²) in [6.07, 6.45) is 0. The average Bonchev–Trinajstić information content (AvgIpc) is 2.15.